The van der Waals surface area contributed by atoms with Crippen LogP contribution in [0, 0.1) is 0 Å². The Bertz CT molecular complexity index is 480. The first kappa shape index (κ1) is 11.9. The number of hydrogen-bond donors (Lipinski definition) is 1. The molecule has 1 aromatic rings. The fraction of sp³-hybridized carbons (Fsp3) is 0.231. The highest BCUT2D eigenvalue weighted by atomic mass is 32.2. The van der Waals surface area contributed by atoms with Crippen molar-refractivity contribution in [1.82, 2.24) is 5.43 Å². The van der Waals surface area contributed by atoms with Crippen LogP contribution in [0.2, 0.25) is 0 Å². The zero-order valence-electron chi connectivity index (χ0n) is 9.64. The fourth-order valence-electron chi connectivity index (χ4n) is 1.55. The summed E-state index contributed by atoms with van der Waals surface area (Å²) in [5.41, 5.74) is 4.55. The number of carbonyl (C=O) groups excluding carboxylic acids is 1. The van der Waals surface area contributed by atoms with Gasteiger partial charge in [0.05, 0.1) is 5.71 Å². The molecule has 0 saturated heterocycles. The molecule has 0 spiro atoms. The van der Waals surface area contributed by atoms with Gasteiger partial charge in [-0.05, 0) is 30.0 Å². The first-order chi connectivity index (χ1) is 8.28. The van der Waals surface area contributed by atoms with Gasteiger partial charge in [-0.1, -0.05) is 18.2 Å². The molecule has 1 heterocycles. The molecule has 88 valence electrons. The van der Waals surface area contributed by atoms with Crippen LogP contribution in [0.4, 0.5) is 0 Å². The molecule has 0 unspecified atom stereocenters. The van der Waals surface area contributed by atoms with Crippen LogP contribution >= 0.6 is 11.8 Å². The second-order valence-corrected chi connectivity index (χ2v) is 4.63. The van der Waals surface area contributed by atoms with Gasteiger partial charge in [-0.2, -0.15) is 5.10 Å². The van der Waals surface area contributed by atoms with E-state index < -0.39 is 0 Å². The third-order valence-corrected chi connectivity index (χ3v) is 3.22. The summed E-state index contributed by atoms with van der Waals surface area (Å²) in [5, 5.41) is 3.99. The van der Waals surface area contributed by atoms with E-state index in [0.29, 0.717) is 12.8 Å². The van der Waals surface area contributed by atoms with Crippen molar-refractivity contribution in [2.45, 2.75) is 17.7 Å². The number of amides is 1. The van der Waals surface area contributed by atoms with Gasteiger partial charge in [0, 0.05) is 17.7 Å². The van der Waals surface area contributed by atoms with Crippen LogP contribution in [0.1, 0.15) is 18.4 Å². The van der Waals surface area contributed by atoms with E-state index in [9.17, 15) is 4.79 Å². The Morgan fingerprint density at radius 2 is 2.24 bits per heavy atom. The number of rotatable bonds is 3. The van der Waals surface area contributed by atoms with Gasteiger partial charge >= 0.3 is 0 Å². The van der Waals surface area contributed by atoms with Gasteiger partial charge in [0.2, 0.25) is 5.91 Å². The molecule has 3 nitrogen and oxygen atoms in total. The van der Waals surface area contributed by atoms with Crippen molar-refractivity contribution in [3.63, 3.8) is 0 Å². The molecule has 1 aromatic carbocycles. The molecular formula is C13H14N2OS. The normalized spacial score (nSPS) is 15.8. The quantitative estimate of drug-likeness (QED) is 0.833. The highest BCUT2D eigenvalue weighted by Crippen LogP contribution is 2.16. The zero-order valence-corrected chi connectivity index (χ0v) is 10.5. The van der Waals surface area contributed by atoms with Crippen LogP contribution in [0.15, 0.2) is 40.3 Å². The van der Waals surface area contributed by atoms with E-state index in [2.05, 4.69) is 35.0 Å². The number of hydrazone groups is 1. The summed E-state index contributed by atoms with van der Waals surface area (Å²) in [4.78, 5) is 12.2. The summed E-state index contributed by atoms with van der Waals surface area (Å²) in [6, 6.07) is 8.30. The molecule has 1 N–H and O–H groups in total. The van der Waals surface area contributed by atoms with Crippen molar-refractivity contribution >= 4 is 29.5 Å². The van der Waals surface area contributed by atoms with Crippen molar-refractivity contribution in [3.8, 4) is 0 Å². The van der Waals surface area contributed by atoms with Crippen LogP contribution in [-0.4, -0.2) is 17.9 Å². The van der Waals surface area contributed by atoms with Crippen LogP contribution in [-0.2, 0) is 4.79 Å². The van der Waals surface area contributed by atoms with Gasteiger partial charge in [0.25, 0.3) is 0 Å². The molecule has 0 fully saturated rings. The van der Waals surface area contributed by atoms with Gasteiger partial charge in [-0.25, -0.2) is 5.43 Å². The Hall–Kier alpha value is -1.55. The van der Waals surface area contributed by atoms with Gasteiger partial charge in [-0.15, -0.1) is 11.8 Å². The average Bonchev–Trinajstić information content (AvgIpc) is 2.38. The minimum Gasteiger partial charge on any atom is -0.273 e. The van der Waals surface area contributed by atoms with Gasteiger partial charge in [0.1, 0.15) is 0 Å². The van der Waals surface area contributed by atoms with Crippen molar-refractivity contribution < 1.29 is 4.79 Å². The topological polar surface area (TPSA) is 41.5 Å². The van der Waals surface area contributed by atoms with Gasteiger partial charge < -0.3 is 0 Å². The Morgan fingerprint density at radius 1 is 1.35 bits per heavy atom. The predicted octanol–water partition coefficient (Wildman–Crippen LogP) is 2.69. The highest BCUT2D eigenvalue weighted by molar-refractivity contribution is 7.98. The minimum atomic E-state index is -0.00784. The SMILES string of the molecule is CSc1cccc(C=CC2=NNC(=O)CC2)c1. The number of nitrogens with zero attached hydrogens (tertiary/aromatic N) is 1. The lowest BCUT2D eigenvalue weighted by molar-refractivity contribution is -0.121. The van der Waals surface area contributed by atoms with E-state index in [1.807, 2.05) is 18.2 Å². The predicted molar refractivity (Wildman–Crippen MR) is 72.1 cm³/mol. The first-order valence-electron chi connectivity index (χ1n) is 5.45. The van der Waals surface area contributed by atoms with Gasteiger partial charge in [0.15, 0.2) is 0 Å². The van der Waals surface area contributed by atoms with E-state index >= 15 is 0 Å². The van der Waals surface area contributed by atoms with Crippen molar-refractivity contribution in [1.29, 1.82) is 0 Å². The molecule has 0 atom stereocenters. The second-order valence-electron chi connectivity index (χ2n) is 3.75. The number of thioether (sulfide) groups is 1. The third-order valence-electron chi connectivity index (χ3n) is 2.49. The number of allylic oxidation sites excluding steroid dienone is 1. The maximum Gasteiger partial charge on any atom is 0.240 e. The van der Waals surface area contributed by atoms with Crippen LogP contribution in [0.3, 0.4) is 0 Å². The molecule has 2 rings (SSSR count). The van der Waals surface area contributed by atoms with Crippen molar-refractivity contribution in [2.75, 3.05) is 6.26 Å². The van der Waals surface area contributed by atoms with Crippen LogP contribution < -0.4 is 5.43 Å². The standard InChI is InChI=1S/C13H14N2OS/c1-17-12-4-2-3-10(9-12)5-6-11-7-8-13(16)15-14-11/h2-6,9H,7-8H2,1H3,(H,15,16). The van der Waals surface area contributed by atoms with Crippen LogP contribution in [0.5, 0.6) is 0 Å². The summed E-state index contributed by atoms with van der Waals surface area (Å²) in [5.74, 6) is -0.00784. The maximum atomic E-state index is 10.9. The van der Waals surface area contributed by atoms with E-state index in [-0.39, 0.29) is 5.91 Å². The van der Waals surface area contributed by atoms with E-state index in [1.165, 1.54) is 4.90 Å². The Labute approximate surface area is 105 Å². The average molecular weight is 246 g/mol. The van der Waals surface area contributed by atoms with Crippen LogP contribution in [0.25, 0.3) is 6.08 Å². The van der Waals surface area contributed by atoms with E-state index in [0.717, 1.165) is 11.3 Å². The molecule has 1 aliphatic rings. The minimum absolute atomic E-state index is 0.00784. The summed E-state index contributed by atoms with van der Waals surface area (Å²) < 4.78 is 0. The summed E-state index contributed by atoms with van der Waals surface area (Å²) >= 11 is 1.72. The summed E-state index contributed by atoms with van der Waals surface area (Å²) in [6.07, 6.45) is 7.27. The summed E-state index contributed by atoms with van der Waals surface area (Å²) in [7, 11) is 0. The molecule has 1 aliphatic heterocycles. The number of hydrogen-bond acceptors (Lipinski definition) is 3. The molecule has 0 radical (unpaired) electrons. The first-order valence-corrected chi connectivity index (χ1v) is 6.68. The fourth-order valence-corrected chi connectivity index (χ4v) is 2.01. The van der Waals surface area contributed by atoms with E-state index in [1.54, 1.807) is 11.8 Å². The largest absolute Gasteiger partial charge is 0.273 e. The molecule has 17 heavy (non-hydrogen) atoms. The molecule has 0 aliphatic carbocycles. The van der Waals surface area contributed by atoms with Crippen molar-refractivity contribution in [3.05, 3.63) is 35.9 Å². The van der Waals surface area contributed by atoms with Gasteiger partial charge in [-0.3, -0.25) is 4.79 Å². The third kappa shape index (κ3) is 3.46. The zero-order chi connectivity index (χ0) is 12.1. The molecule has 0 saturated carbocycles. The lowest BCUT2D eigenvalue weighted by atomic mass is 10.1. The number of benzene rings is 1. The Balaban J connectivity index is 2.07. The summed E-state index contributed by atoms with van der Waals surface area (Å²) in [6.45, 7) is 0. The molecular weight excluding hydrogens is 232 g/mol. The molecule has 0 aromatic heterocycles. The molecule has 1 amide bonds. The lowest BCUT2D eigenvalue weighted by Gasteiger charge is -2.08. The molecule has 0 bridgehead atoms. The highest BCUT2D eigenvalue weighted by Gasteiger charge is 2.08. The lowest BCUT2D eigenvalue weighted by Crippen LogP contribution is -2.24. The number of nitrogens with one attached hydrogen (secondary N) is 1. The monoisotopic (exact) mass is 246 g/mol. The maximum absolute atomic E-state index is 10.9. The van der Waals surface area contributed by atoms with E-state index in [4.69, 9.17) is 0 Å². The smallest absolute Gasteiger partial charge is 0.240 e. The Morgan fingerprint density at radius 3 is 2.94 bits per heavy atom. The second kappa shape index (κ2) is 5.68. The molecule has 4 heteroatoms. The Kier molecular flexibility index (Phi) is 3.98. The van der Waals surface area contributed by atoms with Crippen molar-refractivity contribution in [2.24, 2.45) is 5.10 Å². The number of carbonyl (C=O) groups is 1.